The monoisotopic (exact) mass is 426 g/mol. The molecule has 7 heteroatoms. The molecule has 1 fully saturated rings. The SMILES string of the molecule is C=CCc1cccc(/C=N\NC(=O)CN2CCN(Cc3ccccc3Cl)CC2)c1O. The van der Waals surface area contributed by atoms with Crippen molar-refractivity contribution in [3.8, 4) is 5.75 Å². The van der Waals surface area contributed by atoms with E-state index in [-0.39, 0.29) is 11.7 Å². The van der Waals surface area contributed by atoms with Crippen LogP contribution in [0.2, 0.25) is 5.02 Å². The molecule has 2 aromatic rings. The molecule has 0 aliphatic carbocycles. The Morgan fingerprint density at radius 1 is 1.10 bits per heavy atom. The van der Waals surface area contributed by atoms with Gasteiger partial charge in [0, 0.05) is 43.3 Å². The van der Waals surface area contributed by atoms with Crippen LogP contribution in [0.25, 0.3) is 0 Å². The van der Waals surface area contributed by atoms with E-state index in [1.165, 1.54) is 6.21 Å². The summed E-state index contributed by atoms with van der Waals surface area (Å²) in [5.74, 6) is -0.0161. The highest BCUT2D eigenvalue weighted by Gasteiger charge is 2.19. The molecule has 3 rings (SSSR count). The smallest absolute Gasteiger partial charge is 0.254 e. The molecule has 1 heterocycles. The van der Waals surface area contributed by atoms with Gasteiger partial charge in [-0.2, -0.15) is 5.10 Å². The Morgan fingerprint density at radius 2 is 1.80 bits per heavy atom. The van der Waals surface area contributed by atoms with E-state index in [0.29, 0.717) is 18.5 Å². The average Bonchev–Trinajstić information content (AvgIpc) is 2.74. The highest BCUT2D eigenvalue weighted by Crippen LogP contribution is 2.21. The van der Waals surface area contributed by atoms with Gasteiger partial charge >= 0.3 is 0 Å². The first-order valence-corrected chi connectivity index (χ1v) is 10.4. The highest BCUT2D eigenvalue weighted by molar-refractivity contribution is 6.31. The van der Waals surface area contributed by atoms with Gasteiger partial charge in [-0.1, -0.05) is 48.0 Å². The molecule has 0 saturated carbocycles. The fraction of sp³-hybridized carbons (Fsp3) is 0.304. The number of rotatable bonds is 8. The first-order chi connectivity index (χ1) is 14.6. The van der Waals surface area contributed by atoms with Crippen molar-refractivity contribution >= 4 is 23.7 Å². The number of carbonyl (C=O) groups excluding carboxylic acids is 1. The molecule has 0 aromatic heterocycles. The van der Waals surface area contributed by atoms with Crippen LogP contribution in [0.4, 0.5) is 0 Å². The van der Waals surface area contributed by atoms with Gasteiger partial charge in [0.15, 0.2) is 0 Å². The molecule has 30 heavy (non-hydrogen) atoms. The minimum absolute atomic E-state index is 0.157. The Balaban J connectivity index is 1.43. The maximum Gasteiger partial charge on any atom is 0.254 e. The van der Waals surface area contributed by atoms with Gasteiger partial charge in [-0.25, -0.2) is 5.43 Å². The van der Waals surface area contributed by atoms with Gasteiger partial charge in [0.25, 0.3) is 5.91 Å². The van der Waals surface area contributed by atoms with Crippen LogP contribution >= 0.6 is 11.6 Å². The predicted octanol–water partition coefficient (Wildman–Crippen LogP) is 3.04. The molecular formula is C23H27ClN4O2. The quantitative estimate of drug-likeness (QED) is 0.387. The van der Waals surface area contributed by atoms with Gasteiger partial charge in [-0.05, 0) is 29.7 Å². The fourth-order valence-electron chi connectivity index (χ4n) is 3.42. The molecular weight excluding hydrogens is 400 g/mol. The van der Waals surface area contributed by atoms with E-state index in [1.807, 2.05) is 36.4 Å². The second-order valence-electron chi connectivity index (χ2n) is 7.28. The number of hydrazone groups is 1. The van der Waals surface area contributed by atoms with Crippen molar-refractivity contribution in [3.63, 3.8) is 0 Å². The number of hydrogen-bond donors (Lipinski definition) is 2. The molecule has 1 amide bonds. The van der Waals surface area contributed by atoms with Gasteiger partial charge in [-0.3, -0.25) is 14.6 Å². The summed E-state index contributed by atoms with van der Waals surface area (Å²) < 4.78 is 0. The predicted molar refractivity (Wildman–Crippen MR) is 121 cm³/mol. The molecule has 1 aliphatic heterocycles. The third kappa shape index (κ3) is 6.16. The third-order valence-corrected chi connectivity index (χ3v) is 5.46. The molecule has 158 valence electrons. The van der Waals surface area contributed by atoms with E-state index < -0.39 is 0 Å². The van der Waals surface area contributed by atoms with Crippen molar-refractivity contribution in [3.05, 3.63) is 76.8 Å². The maximum absolute atomic E-state index is 12.2. The zero-order chi connectivity index (χ0) is 21.3. The largest absolute Gasteiger partial charge is 0.507 e. The number of para-hydroxylation sites is 1. The lowest BCUT2D eigenvalue weighted by molar-refractivity contribution is -0.122. The normalized spacial score (nSPS) is 15.4. The molecule has 1 saturated heterocycles. The van der Waals surface area contributed by atoms with Crippen molar-refractivity contribution in [1.82, 2.24) is 15.2 Å². The average molecular weight is 427 g/mol. The Kier molecular flexibility index (Phi) is 8.02. The first kappa shape index (κ1) is 22.0. The van der Waals surface area contributed by atoms with Crippen LogP contribution in [-0.2, 0) is 17.8 Å². The topological polar surface area (TPSA) is 68.2 Å². The summed E-state index contributed by atoms with van der Waals surface area (Å²) in [6.45, 7) is 8.18. The van der Waals surface area contributed by atoms with Gasteiger partial charge in [0.1, 0.15) is 5.75 Å². The number of amides is 1. The summed E-state index contributed by atoms with van der Waals surface area (Å²) in [6, 6.07) is 13.3. The zero-order valence-corrected chi connectivity index (χ0v) is 17.7. The van der Waals surface area contributed by atoms with Crippen molar-refractivity contribution in [1.29, 1.82) is 0 Å². The number of phenols is 1. The van der Waals surface area contributed by atoms with Crippen molar-refractivity contribution in [2.45, 2.75) is 13.0 Å². The summed E-state index contributed by atoms with van der Waals surface area (Å²) in [4.78, 5) is 16.6. The van der Waals surface area contributed by atoms with E-state index in [2.05, 4.69) is 26.9 Å². The summed E-state index contributed by atoms with van der Waals surface area (Å²) in [7, 11) is 0. The second-order valence-corrected chi connectivity index (χ2v) is 7.69. The summed E-state index contributed by atoms with van der Waals surface area (Å²) in [5.41, 5.74) is 5.00. The Morgan fingerprint density at radius 3 is 2.53 bits per heavy atom. The molecule has 0 atom stereocenters. The van der Waals surface area contributed by atoms with Gasteiger partial charge in [0.05, 0.1) is 12.8 Å². The molecule has 0 spiro atoms. The molecule has 0 radical (unpaired) electrons. The summed E-state index contributed by atoms with van der Waals surface area (Å²) in [5, 5.41) is 15.0. The Bertz CT molecular complexity index is 908. The number of aromatic hydroxyl groups is 1. The number of nitrogens with one attached hydrogen (secondary N) is 1. The third-order valence-electron chi connectivity index (χ3n) is 5.09. The number of phenolic OH excluding ortho intramolecular Hbond substituents is 1. The van der Waals surface area contributed by atoms with Crippen molar-refractivity contribution in [2.24, 2.45) is 5.10 Å². The van der Waals surface area contributed by atoms with Crippen LogP contribution in [0, 0.1) is 0 Å². The minimum atomic E-state index is -0.174. The van der Waals surface area contributed by atoms with E-state index in [9.17, 15) is 9.90 Å². The lowest BCUT2D eigenvalue weighted by Gasteiger charge is -2.34. The molecule has 1 aliphatic rings. The van der Waals surface area contributed by atoms with Crippen molar-refractivity contribution < 1.29 is 9.90 Å². The van der Waals surface area contributed by atoms with Crippen LogP contribution in [0.5, 0.6) is 5.75 Å². The number of hydrogen-bond acceptors (Lipinski definition) is 5. The number of carbonyl (C=O) groups is 1. The fourth-order valence-corrected chi connectivity index (χ4v) is 3.62. The molecule has 2 aromatic carbocycles. The number of piperazine rings is 1. The van der Waals surface area contributed by atoms with Gasteiger partial charge < -0.3 is 5.11 Å². The summed E-state index contributed by atoms with van der Waals surface area (Å²) in [6.07, 6.45) is 3.76. The highest BCUT2D eigenvalue weighted by atomic mass is 35.5. The number of allylic oxidation sites excluding steroid dienone is 1. The standard InChI is InChI=1S/C23H27ClN4O2/c1-2-6-18-8-5-9-19(23(18)30)15-25-26-22(29)17-28-13-11-27(12-14-28)16-20-7-3-4-10-21(20)24/h2-5,7-10,15,30H,1,6,11-14,16-17H2,(H,26,29)/b25-15-. The van der Waals surface area contributed by atoms with Crippen molar-refractivity contribution in [2.75, 3.05) is 32.7 Å². The number of benzene rings is 2. The second kappa shape index (κ2) is 10.9. The number of nitrogens with zero attached hydrogens (tertiary/aromatic N) is 3. The summed E-state index contributed by atoms with van der Waals surface area (Å²) >= 11 is 6.24. The van der Waals surface area contributed by atoms with E-state index in [4.69, 9.17) is 11.6 Å². The lowest BCUT2D eigenvalue weighted by Crippen LogP contribution is -2.48. The van der Waals surface area contributed by atoms with Crippen LogP contribution < -0.4 is 5.43 Å². The maximum atomic E-state index is 12.2. The van der Waals surface area contributed by atoms with Crippen LogP contribution in [-0.4, -0.2) is 59.8 Å². The molecule has 0 bridgehead atoms. The molecule has 0 unspecified atom stereocenters. The van der Waals surface area contributed by atoms with E-state index in [0.717, 1.165) is 48.9 Å². The lowest BCUT2D eigenvalue weighted by atomic mass is 10.1. The van der Waals surface area contributed by atoms with E-state index >= 15 is 0 Å². The zero-order valence-electron chi connectivity index (χ0n) is 16.9. The van der Waals surface area contributed by atoms with Gasteiger partial charge in [0.2, 0.25) is 0 Å². The van der Waals surface area contributed by atoms with Gasteiger partial charge in [-0.15, -0.1) is 6.58 Å². The first-order valence-electron chi connectivity index (χ1n) is 9.98. The number of halogens is 1. The Hall–Kier alpha value is -2.67. The molecule has 2 N–H and O–H groups in total. The molecule has 6 nitrogen and oxygen atoms in total. The van der Waals surface area contributed by atoms with E-state index in [1.54, 1.807) is 12.1 Å². The Labute approximate surface area is 182 Å². The van der Waals surface area contributed by atoms with Crippen LogP contribution in [0.15, 0.2) is 60.2 Å². The van der Waals surface area contributed by atoms with Crippen LogP contribution in [0.1, 0.15) is 16.7 Å². The minimum Gasteiger partial charge on any atom is -0.507 e. The van der Waals surface area contributed by atoms with Crippen LogP contribution in [0.3, 0.4) is 0 Å².